The van der Waals surface area contributed by atoms with Crippen molar-refractivity contribution in [3.63, 3.8) is 0 Å². The molecule has 1 aromatic carbocycles. The smallest absolute Gasteiger partial charge is 0.258 e. The number of aromatic nitrogens is 2. The van der Waals surface area contributed by atoms with Crippen LogP contribution in [0.15, 0.2) is 47.4 Å². The number of anilines is 1. The molecule has 1 amide bonds. The van der Waals surface area contributed by atoms with Crippen molar-refractivity contribution in [2.75, 3.05) is 5.32 Å². The molecule has 0 unspecified atom stereocenters. The Balaban J connectivity index is 1.83. The van der Waals surface area contributed by atoms with Gasteiger partial charge in [0.2, 0.25) is 0 Å². The van der Waals surface area contributed by atoms with Crippen molar-refractivity contribution in [3.05, 3.63) is 80.5 Å². The van der Waals surface area contributed by atoms with Gasteiger partial charge >= 0.3 is 0 Å². The zero-order chi connectivity index (χ0) is 18.0. The number of pyridine rings is 1. The highest BCUT2D eigenvalue weighted by atomic mass is 32.1. The predicted molar refractivity (Wildman–Crippen MR) is 95.7 cm³/mol. The molecule has 0 atom stereocenters. The summed E-state index contributed by atoms with van der Waals surface area (Å²) < 4.78 is 14.7. The topological polar surface area (TPSA) is 64.0 Å². The van der Waals surface area contributed by atoms with E-state index in [0.29, 0.717) is 16.3 Å². The maximum Gasteiger partial charge on any atom is 0.258 e. The number of amides is 1. The number of rotatable bonds is 4. The molecule has 0 saturated heterocycles. The van der Waals surface area contributed by atoms with Gasteiger partial charge in [-0.15, -0.1) is 11.3 Å². The molecule has 2 aromatic heterocycles. The van der Waals surface area contributed by atoms with Crippen LogP contribution in [0.1, 0.15) is 26.5 Å². The molecular formula is C18H16FN3O2S. The minimum Gasteiger partial charge on any atom is -0.310 e. The van der Waals surface area contributed by atoms with E-state index in [9.17, 15) is 14.0 Å². The van der Waals surface area contributed by atoms with Crippen LogP contribution in [0.5, 0.6) is 0 Å². The van der Waals surface area contributed by atoms with E-state index in [-0.39, 0.29) is 23.8 Å². The van der Waals surface area contributed by atoms with E-state index in [1.165, 1.54) is 46.4 Å². The summed E-state index contributed by atoms with van der Waals surface area (Å²) in [6, 6.07) is 8.80. The fraction of sp³-hybridized carbons (Fsp3) is 0.167. The first-order chi connectivity index (χ1) is 11.9. The minimum atomic E-state index is -0.367. The third-order valence-electron chi connectivity index (χ3n) is 3.74. The Hall–Kier alpha value is -2.80. The molecule has 0 saturated carbocycles. The molecule has 25 heavy (non-hydrogen) atoms. The molecule has 3 rings (SSSR count). The molecule has 0 bridgehead atoms. The summed E-state index contributed by atoms with van der Waals surface area (Å²) in [5.74, 6) is -0.712. The van der Waals surface area contributed by atoms with E-state index in [1.54, 1.807) is 12.1 Å². The van der Waals surface area contributed by atoms with Gasteiger partial charge in [-0.3, -0.25) is 14.9 Å². The zero-order valence-corrected chi connectivity index (χ0v) is 14.6. The van der Waals surface area contributed by atoms with Gasteiger partial charge in [-0.05, 0) is 37.6 Å². The van der Waals surface area contributed by atoms with Gasteiger partial charge < -0.3 is 4.57 Å². The second-order valence-corrected chi connectivity index (χ2v) is 6.83. The van der Waals surface area contributed by atoms with Crippen LogP contribution < -0.4 is 10.9 Å². The van der Waals surface area contributed by atoms with Crippen molar-refractivity contribution >= 4 is 22.4 Å². The minimum absolute atomic E-state index is 0.188. The van der Waals surface area contributed by atoms with Gasteiger partial charge in [0.05, 0.1) is 17.8 Å². The second kappa shape index (κ2) is 6.98. The van der Waals surface area contributed by atoms with Crippen LogP contribution in [0.2, 0.25) is 0 Å². The fourth-order valence-electron chi connectivity index (χ4n) is 2.32. The third kappa shape index (κ3) is 4.00. The van der Waals surface area contributed by atoms with Crippen molar-refractivity contribution in [2.45, 2.75) is 20.4 Å². The Kier molecular flexibility index (Phi) is 4.76. The molecule has 2 heterocycles. The van der Waals surface area contributed by atoms with Gasteiger partial charge in [-0.25, -0.2) is 9.37 Å². The average molecular weight is 357 g/mol. The number of carbonyl (C=O) groups excluding carboxylic acids is 1. The fourth-order valence-corrected chi connectivity index (χ4v) is 3.13. The molecule has 128 valence electrons. The summed E-state index contributed by atoms with van der Waals surface area (Å²) >= 11 is 1.40. The molecule has 0 spiro atoms. The first-order valence-corrected chi connectivity index (χ1v) is 8.44. The Labute approximate surface area is 147 Å². The molecule has 1 N–H and O–H groups in total. The molecule has 5 nitrogen and oxygen atoms in total. The van der Waals surface area contributed by atoms with Crippen molar-refractivity contribution in [1.29, 1.82) is 0 Å². The van der Waals surface area contributed by atoms with E-state index < -0.39 is 0 Å². The van der Waals surface area contributed by atoms with Gasteiger partial charge in [-0.2, -0.15) is 0 Å². The van der Waals surface area contributed by atoms with Crippen molar-refractivity contribution in [3.8, 4) is 0 Å². The molecule has 0 aliphatic heterocycles. The summed E-state index contributed by atoms with van der Waals surface area (Å²) in [5, 5.41) is 3.25. The Bertz CT molecular complexity index is 974. The number of nitrogens with zero attached hydrogens (tertiary/aromatic N) is 2. The second-order valence-electron chi connectivity index (χ2n) is 5.63. The highest BCUT2D eigenvalue weighted by molar-refractivity contribution is 7.15. The van der Waals surface area contributed by atoms with E-state index >= 15 is 0 Å². The van der Waals surface area contributed by atoms with Crippen LogP contribution in [0.25, 0.3) is 0 Å². The lowest BCUT2D eigenvalue weighted by Crippen LogP contribution is -2.22. The maximum absolute atomic E-state index is 13.3. The molecule has 0 fully saturated rings. The summed E-state index contributed by atoms with van der Waals surface area (Å²) in [7, 11) is 0. The Morgan fingerprint density at radius 2 is 2.08 bits per heavy atom. The first kappa shape index (κ1) is 17.0. The van der Waals surface area contributed by atoms with Crippen LogP contribution in [0.4, 0.5) is 9.52 Å². The lowest BCUT2D eigenvalue weighted by molar-refractivity contribution is 0.102. The summed E-state index contributed by atoms with van der Waals surface area (Å²) in [6.07, 6.45) is 1.47. The van der Waals surface area contributed by atoms with E-state index in [2.05, 4.69) is 10.3 Å². The maximum atomic E-state index is 13.3. The molecule has 0 radical (unpaired) electrons. The van der Waals surface area contributed by atoms with E-state index in [0.717, 1.165) is 10.6 Å². The molecule has 0 aliphatic carbocycles. The number of thiazole rings is 1. The molecule has 7 heteroatoms. The highest BCUT2D eigenvalue weighted by Gasteiger charge is 2.11. The quantitative estimate of drug-likeness (QED) is 0.779. The van der Waals surface area contributed by atoms with Crippen LogP contribution >= 0.6 is 11.3 Å². The van der Waals surface area contributed by atoms with Crippen molar-refractivity contribution in [2.24, 2.45) is 0 Å². The lowest BCUT2D eigenvalue weighted by Gasteiger charge is -2.08. The normalized spacial score (nSPS) is 10.7. The number of hydrogen-bond donors (Lipinski definition) is 1. The van der Waals surface area contributed by atoms with Gasteiger partial charge in [0.25, 0.3) is 11.5 Å². The van der Waals surface area contributed by atoms with Gasteiger partial charge in [-0.1, -0.05) is 12.1 Å². The summed E-state index contributed by atoms with van der Waals surface area (Å²) in [5.41, 5.74) is 1.59. The van der Waals surface area contributed by atoms with Gasteiger partial charge in [0.1, 0.15) is 5.82 Å². The number of aryl methyl sites for hydroxylation is 2. The monoisotopic (exact) mass is 357 g/mol. The van der Waals surface area contributed by atoms with Crippen molar-refractivity contribution in [1.82, 2.24) is 9.55 Å². The van der Waals surface area contributed by atoms with Crippen LogP contribution in [0, 0.1) is 19.7 Å². The number of benzene rings is 1. The number of hydrogen-bond acceptors (Lipinski definition) is 4. The van der Waals surface area contributed by atoms with Crippen LogP contribution in [-0.4, -0.2) is 15.5 Å². The van der Waals surface area contributed by atoms with E-state index in [4.69, 9.17) is 0 Å². The molecule has 3 aromatic rings. The van der Waals surface area contributed by atoms with E-state index in [1.807, 2.05) is 13.8 Å². The average Bonchev–Trinajstić information content (AvgIpc) is 2.87. The number of carbonyl (C=O) groups is 1. The summed E-state index contributed by atoms with van der Waals surface area (Å²) in [6.45, 7) is 4.00. The Morgan fingerprint density at radius 1 is 1.28 bits per heavy atom. The third-order valence-corrected chi connectivity index (χ3v) is 4.72. The largest absolute Gasteiger partial charge is 0.310 e. The lowest BCUT2D eigenvalue weighted by atomic mass is 10.2. The zero-order valence-electron chi connectivity index (χ0n) is 13.7. The molecule has 0 aliphatic rings. The standard InChI is InChI=1S/C18H16FN3O2S/c1-11-12(2)25-18(20-11)21-17(24)14-6-7-16(23)22(10-14)9-13-4-3-5-15(19)8-13/h3-8,10H,9H2,1-2H3,(H,20,21,24). The van der Waals surface area contributed by atoms with Crippen molar-refractivity contribution < 1.29 is 9.18 Å². The number of halogens is 1. The Morgan fingerprint density at radius 3 is 2.76 bits per heavy atom. The summed E-state index contributed by atoms with van der Waals surface area (Å²) in [4.78, 5) is 29.7. The van der Waals surface area contributed by atoms with Gasteiger partial charge in [0.15, 0.2) is 5.13 Å². The first-order valence-electron chi connectivity index (χ1n) is 7.63. The predicted octanol–water partition coefficient (Wildman–Crippen LogP) is 3.36. The molecular weight excluding hydrogens is 341 g/mol. The SMILES string of the molecule is Cc1nc(NC(=O)c2ccc(=O)n(Cc3cccc(F)c3)c2)sc1C. The van der Waals surface area contributed by atoms with Crippen LogP contribution in [0.3, 0.4) is 0 Å². The number of nitrogens with one attached hydrogen (secondary N) is 1. The highest BCUT2D eigenvalue weighted by Crippen LogP contribution is 2.21. The van der Waals surface area contributed by atoms with Gasteiger partial charge in [0, 0.05) is 17.1 Å². The van der Waals surface area contributed by atoms with Crippen LogP contribution in [-0.2, 0) is 6.54 Å².